The number of hydrogen-bond acceptors (Lipinski definition) is 17. The fraction of sp³-hybridized carbons (Fsp3) is 0. The topological polar surface area (TPSA) is 484 Å². The van der Waals surface area contributed by atoms with Crippen LogP contribution in [0.2, 0.25) is 10.0 Å². The summed E-state index contributed by atoms with van der Waals surface area (Å²) in [5.41, 5.74) is -2.18. The molecular weight excluding hydrogens is 1440 g/mol. The zero-order valence-electron chi connectivity index (χ0n) is 48.0. The van der Waals surface area contributed by atoms with Crippen LogP contribution >= 0.6 is 23.2 Å². The third kappa shape index (κ3) is 20.8. The number of carbonyl (C=O) groups is 5. The molecule has 0 heterocycles. The number of carbonyl (C=O) groups excluding carboxylic acids is 5. The summed E-state index contributed by atoms with van der Waals surface area (Å²) >= 11 is 12.7. The molecule has 0 fully saturated rings. The van der Waals surface area contributed by atoms with Gasteiger partial charge in [0.15, 0.2) is 0 Å². The van der Waals surface area contributed by atoms with Gasteiger partial charge in [0.1, 0.15) is 19.6 Å². The molecule has 0 aliphatic rings. The summed E-state index contributed by atoms with van der Waals surface area (Å²) in [6.07, 6.45) is 0. The Morgan fingerprint density at radius 1 is 0.304 bits per heavy atom. The van der Waals surface area contributed by atoms with Crippen molar-refractivity contribution in [2.75, 3.05) is 31.9 Å². The van der Waals surface area contributed by atoms with Crippen LogP contribution in [0.5, 0.6) is 0 Å². The molecule has 0 unspecified atom stereocenters. The molecule has 8 rings (SSSR count). The first-order chi connectivity index (χ1) is 39.8. The average molecular weight is 1480 g/mol. The van der Waals surface area contributed by atoms with Gasteiger partial charge in [-0.05, 0) is 121 Å². The Morgan fingerprint density at radius 3 is 0.891 bits per heavy atom. The van der Waals surface area contributed by atoms with E-state index in [1.165, 1.54) is 60.7 Å². The summed E-state index contributed by atoms with van der Waals surface area (Å²) in [5.74, 6) is -3.88. The molecule has 29 nitrogen and oxygen atoms in total. The summed E-state index contributed by atoms with van der Waals surface area (Å²) < 4.78 is 206. The van der Waals surface area contributed by atoms with Gasteiger partial charge in [-0.3, -0.25) is 46.5 Å². The summed E-state index contributed by atoms with van der Waals surface area (Å²) in [7, 11) is -32.0. The van der Waals surface area contributed by atoms with Crippen LogP contribution < -0.4 is 209 Å². The molecule has 0 radical (unpaired) electrons. The predicted octanol–water partition coefficient (Wildman–Crippen LogP) is -10.5. The molecule has 0 aliphatic heterocycles. The largest absolute Gasteiger partial charge is 1.00 e. The minimum Gasteiger partial charge on any atom is -0.321 e. The Balaban J connectivity index is 0.00000480. The van der Waals surface area contributed by atoms with Crippen LogP contribution in [0.4, 0.5) is 38.9 Å². The molecule has 448 valence electrons. The van der Waals surface area contributed by atoms with E-state index >= 15 is 0 Å². The first kappa shape index (κ1) is 85.6. The van der Waals surface area contributed by atoms with Crippen LogP contribution in [0.1, 0.15) is 41.4 Å². The van der Waals surface area contributed by atoms with Gasteiger partial charge in [-0.1, -0.05) is 35.3 Å². The van der Waals surface area contributed by atoms with Crippen molar-refractivity contribution in [3.63, 3.8) is 0 Å². The Labute approximate surface area is 665 Å². The maximum Gasteiger partial charge on any atom is 1.00 e. The van der Waals surface area contributed by atoms with E-state index in [0.717, 1.165) is 36.4 Å². The van der Waals surface area contributed by atoms with E-state index in [0.29, 0.717) is 24.3 Å². The van der Waals surface area contributed by atoms with Crippen molar-refractivity contribution in [3.05, 3.63) is 166 Å². The summed E-state index contributed by atoms with van der Waals surface area (Å²) in [6.45, 7) is 0. The van der Waals surface area contributed by atoms with Crippen LogP contribution in [0.25, 0.3) is 21.5 Å². The molecular formula is C49H34Cl2N6Na6O23S6+6. The molecule has 6 amide bonds. The standard InChI is InChI=1S/C49H34Cl2N6O23S6.6Na/c50-33-9-7-25(47(60)54-35-11-13-39(83(69,70)71)31-19-29(81(63,64)65)21-41(43(31)35)85(75,76)77)17-37(33)56-45(58)23-3-1-5-27(15-23)52-49(62)53-28-6-2-4-24(16-28)46(59)57-38-18-26(8-10-34(38)51)48(61)55-36-12-14-40(84(72,73)74)32-20-30(82(66,67)68)22-42(44(32)36)86(78,79)80;;;;;;/h1-22H,(H,54,60)(H,55,61)(H,56,58)(H,57,59)(H2,52,53,62)(H,63,64,65)(H,66,67,68)(H,69,70,71)(H,72,73,74)(H,75,76,77)(H,78,79,80);;;;;;/q;6*+1. The molecule has 0 aromatic heterocycles. The molecule has 43 heteroatoms. The minimum absolute atomic E-state index is 0. The van der Waals surface area contributed by atoms with Crippen LogP contribution in [0.15, 0.2) is 163 Å². The molecule has 8 aromatic carbocycles. The van der Waals surface area contributed by atoms with Crippen molar-refractivity contribution >= 4 is 169 Å². The van der Waals surface area contributed by atoms with Crippen molar-refractivity contribution < 1.29 is 279 Å². The van der Waals surface area contributed by atoms with Gasteiger partial charge >= 0.3 is 183 Å². The number of nitrogens with one attached hydrogen (secondary N) is 6. The van der Waals surface area contributed by atoms with E-state index in [-0.39, 0.29) is 245 Å². The van der Waals surface area contributed by atoms with E-state index in [4.69, 9.17) is 23.2 Å². The summed E-state index contributed by atoms with van der Waals surface area (Å²) in [5, 5.41) is 10.9. The van der Waals surface area contributed by atoms with Crippen LogP contribution in [0, 0.1) is 0 Å². The van der Waals surface area contributed by atoms with Gasteiger partial charge in [0.05, 0.1) is 42.6 Å². The van der Waals surface area contributed by atoms with Gasteiger partial charge in [-0.25, -0.2) is 4.79 Å². The van der Waals surface area contributed by atoms with Crippen LogP contribution in [0.3, 0.4) is 0 Å². The number of fused-ring (bicyclic) bond motifs is 2. The van der Waals surface area contributed by atoms with Crippen molar-refractivity contribution in [3.8, 4) is 0 Å². The number of amides is 6. The third-order valence-electron chi connectivity index (χ3n) is 11.9. The van der Waals surface area contributed by atoms with Gasteiger partial charge in [0, 0.05) is 55.2 Å². The van der Waals surface area contributed by atoms with Gasteiger partial charge in [0.25, 0.3) is 84.3 Å². The number of urea groups is 1. The Hall–Kier alpha value is -2.53. The molecule has 0 bridgehead atoms. The molecule has 0 aliphatic carbocycles. The van der Waals surface area contributed by atoms with Crippen molar-refractivity contribution in [1.29, 1.82) is 0 Å². The number of anilines is 6. The molecule has 0 spiro atoms. The maximum absolute atomic E-state index is 13.6. The van der Waals surface area contributed by atoms with Crippen molar-refractivity contribution in [2.24, 2.45) is 0 Å². The molecule has 92 heavy (non-hydrogen) atoms. The van der Waals surface area contributed by atoms with E-state index < -0.39 is 153 Å². The molecule has 8 aromatic rings. The maximum atomic E-state index is 13.6. The molecule has 0 atom stereocenters. The van der Waals surface area contributed by atoms with Crippen molar-refractivity contribution in [1.82, 2.24) is 0 Å². The molecule has 0 saturated carbocycles. The number of hydrogen-bond donors (Lipinski definition) is 12. The first-order valence-corrected chi connectivity index (χ1v) is 32.4. The molecule has 12 N–H and O–H groups in total. The van der Waals surface area contributed by atoms with E-state index in [1.54, 1.807) is 0 Å². The SMILES string of the molecule is O=C(Nc1cccc(C(=O)Nc2cc(C(=O)Nc3ccc(S(=O)(=O)O)c4cc(S(=O)(=O)O)cc(S(=O)(=O)O)c34)ccc2Cl)c1)Nc1cccc(C(=O)Nc2cc(C(=O)Nc3ccc(S(=O)(=O)O)c4cc(S(=O)(=O)O)cc(S(=O)(=O)O)c34)ccc2Cl)c1.[Na+].[Na+].[Na+].[Na+].[Na+].[Na+]. The second kappa shape index (κ2) is 33.3. The number of benzene rings is 8. The Bertz CT molecular complexity index is 4750. The first-order valence-electron chi connectivity index (χ1n) is 23.0. The smallest absolute Gasteiger partial charge is 0.321 e. The second-order valence-electron chi connectivity index (χ2n) is 17.7. The molecule has 0 saturated heterocycles. The van der Waals surface area contributed by atoms with Gasteiger partial charge in [0.2, 0.25) is 0 Å². The fourth-order valence-electron chi connectivity index (χ4n) is 8.22. The average Bonchev–Trinajstić information content (AvgIpc) is 0.751. The Morgan fingerprint density at radius 2 is 0.598 bits per heavy atom. The normalized spacial score (nSPS) is 11.5. The second-order valence-corrected chi connectivity index (χ2v) is 26.9. The number of halogens is 2. The third-order valence-corrected chi connectivity index (χ3v) is 17.8. The van der Waals surface area contributed by atoms with E-state index in [9.17, 15) is 102 Å². The zero-order valence-corrected chi connectivity index (χ0v) is 66.4. The summed E-state index contributed by atoms with van der Waals surface area (Å²) in [4.78, 5) is 60.4. The van der Waals surface area contributed by atoms with E-state index in [2.05, 4.69) is 31.9 Å². The van der Waals surface area contributed by atoms with E-state index in [1.807, 2.05) is 0 Å². The number of rotatable bonds is 16. The van der Waals surface area contributed by atoms with Gasteiger partial charge < -0.3 is 31.9 Å². The van der Waals surface area contributed by atoms with Crippen LogP contribution in [-0.2, 0) is 60.7 Å². The quantitative estimate of drug-likeness (QED) is 0.0316. The predicted molar refractivity (Wildman–Crippen MR) is 307 cm³/mol. The van der Waals surface area contributed by atoms with Gasteiger partial charge in [-0.15, -0.1) is 0 Å². The van der Waals surface area contributed by atoms with Crippen LogP contribution in [-0.4, -0.2) is 107 Å². The Kier molecular flexibility index (Phi) is 31.0. The fourth-order valence-corrected chi connectivity index (χ4v) is 12.6. The zero-order chi connectivity index (χ0) is 63.4. The van der Waals surface area contributed by atoms with Crippen molar-refractivity contribution in [2.45, 2.75) is 29.4 Å². The monoisotopic (exact) mass is 1470 g/mol. The van der Waals surface area contributed by atoms with Gasteiger partial charge in [-0.2, -0.15) is 50.5 Å². The minimum atomic E-state index is -5.47. The summed E-state index contributed by atoms with van der Waals surface area (Å²) in [6, 6.07) is 20.9.